The Hall–Kier alpha value is -4.02. The molecule has 3 unspecified atom stereocenters. The van der Waals surface area contributed by atoms with Crippen LogP contribution in [-0.4, -0.2) is 58.3 Å². The van der Waals surface area contributed by atoms with E-state index in [9.17, 15) is 18.4 Å². The summed E-state index contributed by atoms with van der Waals surface area (Å²) in [5, 5.41) is 3.69. The van der Waals surface area contributed by atoms with Gasteiger partial charge in [0.15, 0.2) is 5.78 Å². The number of alkyl halides is 2. The maximum atomic E-state index is 13.9. The van der Waals surface area contributed by atoms with Gasteiger partial charge in [0.05, 0.1) is 29.0 Å². The molecule has 4 fully saturated rings. The van der Waals surface area contributed by atoms with Crippen LogP contribution in [0, 0.1) is 5.41 Å². The summed E-state index contributed by atoms with van der Waals surface area (Å²) in [7, 11) is 0. The highest BCUT2D eigenvalue weighted by molar-refractivity contribution is 5.94. The number of carbonyl (C=O) groups is 2. The van der Waals surface area contributed by atoms with Crippen LogP contribution in [0.4, 0.5) is 8.78 Å². The van der Waals surface area contributed by atoms with Gasteiger partial charge in [0.1, 0.15) is 0 Å². The number of Topliss-reactive ketones (excluding diaryl/α,β-unsaturated/α-hetero) is 1. The molecule has 0 radical (unpaired) electrons. The fourth-order valence-electron chi connectivity index (χ4n) is 6.86. The molecule has 1 aliphatic heterocycles. The van der Waals surface area contributed by atoms with Crippen LogP contribution >= 0.6 is 0 Å². The van der Waals surface area contributed by atoms with E-state index in [2.05, 4.69) is 27.3 Å². The summed E-state index contributed by atoms with van der Waals surface area (Å²) in [4.78, 5) is 42.6. The van der Waals surface area contributed by atoms with Crippen LogP contribution in [0.15, 0.2) is 43.1 Å². The quantitative estimate of drug-likeness (QED) is 0.279. The first-order chi connectivity index (χ1) is 20.3. The summed E-state index contributed by atoms with van der Waals surface area (Å²) in [6.07, 6.45) is 14.7. The summed E-state index contributed by atoms with van der Waals surface area (Å²) < 4.78 is 28.6. The number of hydrogen-bond donors (Lipinski definition) is 0. The molecule has 0 aromatic carbocycles. The summed E-state index contributed by atoms with van der Waals surface area (Å²) in [5.74, 6) is 1.56. The van der Waals surface area contributed by atoms with Crippen molar-refractivity contribution < 1.29 is 18.4 Å². The second-order valence-corrected chi connectivity index (χ2v) is 12.5. The van der Waals surface area contributed by atoms with Crippen molar-refractivity contribution >= 4 is 17.5 Å². The Kier molecular flexibility index (Phi) is 5.65. The van der Waals surface area contributed by atoms with E-state index < -0.39 is 18.0 Å². The molecule has 3 aliphatic carbocycles. The Morgan fingerprint density at radius 1 is 1.07 bits per heavy atom. The van der Waals surface area contributed by atoms with Gasteiger partial charge in [0, 0.05) is 66.8 Å². The lowest BCUT2D eigenvalue weighted by Gasteiger charge is -2.26. The number of aromatic nitrogens is 6. The highest BCUT2D eigenvalue weighted by Crippen LogP contribution is 2.66. The Morgan fingerprint density at radius 2 is 1.88 bits per heavy atom. The standard InChI is InChI=1S/C31H31F2N7O2/c1-17(41)26(10-18-12-35-40(14-18)29(32)33)39-9-8-31(28(39)42)11-23(31)22-6-7-24(36-27(22)20-4-5-20)21-13-34-30-37-25(19-2-3-19)16-38(30)15-21/h6-7,12-16,19-20,23,26,29H,2-5,8-11H2,1H3. The van der Waals surface area contributed by atoms with E-state index >= 15 is 0 Å². The minimum absolute atomic E-state index is 0.0130. The molecule has 42 heavy (non-hydrogen) atoms. The summed E-state index contributed by atoms with van der Waals surface area (Å²) in [6, 6.07) is 3.48. The molecule has 216 valence electrons. The van der Waals surface area contributed by atoms with Gasteiger partial charge in [-0.3, -0.25) is 19.0 Å². The average Bonchev–Trinajstić information content (AvgIpc) is 3.92. The van der Waals surface area contributed by atoms with Gasteiger partial charge < -0.3 is 4.90 Å². The van der Waals surface area contributed by atoms with Crippen molar-refractivity contribution in [2.24, 2.45) is 5.41 Å². The molecule has 3 saturated carbocycles. The highest BCUT2D eigenvalue weighted by Gasteiger charge is 2.65. The van der Waals surface area contributed by atoms with Crippen LogP contribution in [0.1, 0.15) is 92.3 Å². The lowest BCUT2D eigenvalue weighted by atomic mass is 9.94. The van der Waals surface area contributed by atoms with E-state index in [-0.39, 0.29) is 24.0 Å². The minimum Gasteiger partial charge on any atom is -0.332 e. The van der Waals surface area contributed by atoms with E-state index in [0.717, 1.165) is 47.5 Å². The molecule has 3 atom stereocenters. The predicted octanol–water partition coefficient (Wildman–Crippen LogP) is 5.04. The van der Waals surface area contributed by atoms with Gasteiger partial charge in [-0.2, -0.15) is 13.9 Å². The lowest BCUT2D eigenvalue weighted by Crippen LogP contribution is -2.43. The number of imidazole rings is 1. The van der Waals surface area contributed by atoms with E-state index in [1.165, 1.54) is 32.2 Å². The van der Waals surface area contributed by atoms with Gasteiger partial charge in [-0.05, 0) is 62.6 Å². The van der Waals surface area contributed by atoms with Crippen molar-refractivity contribution in [2.45, 2.75) is 82.2 Å². The number of amides is 1. The van der Waals surface area contributed by atoms with Gasteiger partial charge in [-0.1, -0.05) is 6.07 Å². The van der Waals surface area contributed by atoms with E-state index in [1.54, 1.807) is 4.90 Å². The number of hydrogen-bond acceptors (Lipinski definition) is 6. The topological polar surface area (TPSA) is 98.3 Å². The zero-order valence-electron chi connectivity index (χ0n) is 23.3. The number of carbonyl (C=O) groups excluding carboxylic acids is 2. The first-order valence-corrected chi connectivity index (χ1v) is 14.8. The van der Waals surface area contributed by atoms with Gasteiger partial charge in [-0.25, -0.2) is 14.6 Å². The monoisotopic (exact) mass is 571 g/mol. The molecule has 1 spiro atoms. The van der Waals surface area contributed by atoms with Gasteiger partial charge >= 0.3 is 6.55 Å². The molecule has 8 rings (SSSR count). The summed E-state index contributed by atoms with van der Waals surface area (Å²) >= 11 is 0. The van der Waals surface area contributed by atoms with Gasteiger partial charge in [0.2, 0.25) is 11.7 Å². The molecule has 11 heteroatoms. The molecular weight excluding hydrogens is 540 g/mol. The normalized spacial score (nSPS) is 24.3. The van der Waals surface area contributed by atoms with Crippen molar-refractivity contribution in [3.63, 3.8) is 0 Å². The molecule has 4 aromatic heterocycles. The summed E-state index contributed by atoms with van der Waals surface area (Å²) in [5.41, 5.74) is 5.11. The number of ketones is 1. The molecule has 9 nitrogen and oxygen atoms in total. The largest absolute Gasteiger partial charge is 0.333 e. The third kappa shape index (κ3) is 4.23. The van der Waals surface area contributed by atoms with Gasteiger partial charge in [0.25, 0.3) is 0 Å². The van der Waals surface area contributed by atoms with Crippen LogP contribution in [0.5, 0.6) is 0 Å². The smallest absolute Gasteiger partial charge is 0.332 e. The van der Waals surface area contributed by atoms with Crippen molar-refractivity contribution in [1.29, 1.82) is 0 Å². The average molecular weight is 572 g/mol. The highest BCUT2D eigenvalue weighted by atomic mass is 19.3. The first kappa shape index (κ1) is 25.7. The maximum absolute atomic E-state index is 13.9. The van der Waals surface area contributed by atoms with E-state index in [1.807, 2.05) is 22.9 Å². The number of halogens is 2. The van der Waals surface area contributed by atoms with Crippen molar-refractivity contribution in [3.05, 3.63) is 65.6 Å². The predicted molar refractivity (Wildman–Crippen MR) is 148 cm³/mol. The fraction of sp³-hybridized carbons (Fsp3) is 0.484. The number of likely N-dealkylation sites (tertiary alicyclic amines) is 1. The number of rotatable bonds is 9. The zero-order valence-corrected chi connectivity index (χ0v) is 23.3. The minimum atomic E-state index is -2.75. The van der Waals surface area contributed by atoms with Crippen LogP contribution < -0.4 is 0 Å². The van der Waals surface area contributed by atoms with E-state index in [4.69, 9.17) is 4.98 Å². The Morgan fingerprint density at radius 3 is 2.60 bits per heavy atom. The third-order valence-corrected chi connectivity index (χ3v) is 9.61. The second kappa shape index (κ2) is 9.24. The SMILES string of the molecule is CC(=O)C(Cc1cnn(C(F)F)c1)N1CCC2(CC2c2ccc(-c3cnc4nc(C5CC5)cn4c3)nc2C2CC2)C1=O. The molecule has 0 bridgehead atoms. The fourth-order valence-corrected chi connectivity index (χ4v) is 6.86. The number of fused-ring (bicyclic) bond motifs is 1. The maximum Gasteiger partial charge on any atom is 0.333 e. The van der Waals surface area contributed by atoms with Gasteiger partial charge in [-0.15, -0.1) is 0 Å². The van der Waals surface area contributed by atoms with Crippen LogP contribution in [-0.2, 0) is 16.0 Å². The van der Waals surface area contributed by atoms with Crippen molar-refractivity contribution in [1.82, 2.24) is 34.0 Å². The molecule has 0 N–H and O–H groups in total. The summed E-state index contributed by atoms with van der Waals surface area (Å²) in [6.45, 7) is -0.808. The molecule has 4 aromatic rings. The first-order valence-electron chi connectivity index (χ1n) is 14.8. The molecular formula is C31H31F2N7O2. The molecule has 1 amide bonds. The second-order valence-electron chi connectivity index (χ2n) is 12.5. The Bertz CT molecular complexity index is 1740. The van der Waals surface area contributed by atoms with Crippen LogP contribution in [0.3, 0.4) is 0 Å². The van der Waals surface area contributed by atoms with Crippen LogP contribution in [0.2, 0.25) is 0 Å². The van der Waals surface area contributed by atoms with Crippen molar-refractivity contribution in [2.75, 3.05) is 6.54 Å². The Labute approximate surface area is 241 Å². The molecule has 1 saturated heterocycles. The zero-order chi connectivity index (χ0) is 28.7. The lowest BCUT2D eigenvalue weighted by molar-refractivity contribution is -0.138. The number of nitrogens with zero attached hydrogens (tertiary/aromatic N) is 7. The molecule has 4 aliphatic rings. The number of pyridine rings is 1. The van der Waals surface area contributed by atoms with Crippen LogP contribution in [0.25, 0.3) is 17.0 Å². The molecule has 5 heterocycles. The van der Waals surface area contributed by atoms with Crippen molar-refractivity contribution in [3.8, 4) is 11.3 Å². The Balaban J connectivity index is 1.04. The third-order valence-electron chi connectivity index (χ3n) is 9.61. The van der Waals surface area contributed by atoms with E-state index in [0.29, 0.717) is 40.8 Å².